The summed E-state index contributed by atoms with van der Waals surface area (Å²) in [5.74, 6) is 0.821. The topological polar surface area (TPSA) is 46.0 Å². The summed E-state index contributed by atoms with van der Waals surface area (Å²) in [7, 11) is 0. The van der Waals surface area contributed by atoms with Crippen LogP contribution in [0.5, 0.6) is 0 Å². The molecule has 0 radical (unpaired) electrons. The Hall–Kier alpha value is -2.34. The molecule has 1 aliphatic rings. The summed E-state index contributed by atoms with van der Waals surface area (Å²) in [6.45, 7) is 7.38. The SMILES string of the molecule is Cc1ccccc1NCc1cccn1-c1nnc(N2CCC(C)CC2)s1. The van der Waals surface area contributed by atoms with E-state index in [1.165, 1.54) is 29.8 Å². The highest BCUT2D eigenvalue weighted by Gasteiger charge is 2.20. The number of rotatable bonds is 5. The van der Waals surface area contributed by atoms with Crippen molar-refractivity contribution >= 4 is 22.2 Å². The molecule has 0 spiro atoms. The summed E-state index contributed by atoms with van der Waals surface area (Å²) >= 11 is 1.68. The molecule has 2 aromatic heterocycles. The number of aromatic nitrogens is 3. The molecule has 0 atom stereocenters. The molecule has 3 aromatic rings. The monoisotopic (exact) mass is 367 g/mol. The second-order valence-corrected chi connectivity index (χ2v) is 8.01. The largest absolute Gasteiger partial charge is 0.379 e. The smallest absolute Gasteiger partial charge is 0.218 e. The molecule has 26 heavy (non-hydrogen) atoms. The van der Waals surface area contributed by atoms with E-state index < -0.39 is 0 Å². The van der Waals surface area contributed by atoms with Crippen LogP contribution in [-0.4, -0.2) is 27.9 Å². The van der Waals surface area contributed by atoms with Crippen LogP contribution in [0.3, 0.4) is 0 Å². The fourth-order valence-corrected chi connectivity index (χ4v) is 4.25. The first kappa shape index (κ1) is 17.1. The lowest BCUT2D eigenvalue weighted by Gasteiger charge is -2.29. The maximum Gasteiger partial charge on any atom is 0.218 e. The van der Waals surface area contributed by atoms with E-state index >= 15 is 0 Å². The lowest BCUT2D eigenvalue weighted by Crippen LogP contribution is -2.32. The van der Waals surface area contributed by atoms with Crippen LogP contribution in [0.4, 0.5) is 10.8 Å². The number of benzene rings is 1. The van der Waals surface area contributed by atoms with Crippen molar-refractivity contribution in [1.82, 2.24) is 14.8 Å². The van der Waals surface area contributed by atoms with Gasteiger partial charge in [0.25, 0.3) is 0 Å². The molecule has 1 aromatic carbocycles. The maximum absolute atomic E-state index is 4.45. The molecule has 136 valence electrons. The van der Waals surface area contributed by atoms with Gasteiger partial charge in [-0.05, 0) is 49.4 Å². The number of aryl methyl sites for hydroxylation is 1. The van der Waals surface area contributed by atoms with Gasteiger partial charge in [-0.3, -0.25) is 4.57 Å². The van der Waals surface area contributed by atoms with Crippen LogP contribution < -0.4 is 10.2 Å². The van der Waals surface area contributed by atoms with E-state index in [9.17, 15) is 0 Å². The quantitative estimate of drug-likeness (QED) is 0.722. The van der Waals surface area contributed by atoms with Crippen molar-refractivity contribution in [3.05, 3.63) is 53.9 Å². The lowest BCUT2D eigenvalue weighted by atomic mass is 10.00. The number of hydrogen-bond acceptors (Lipinski definition) is 5. The fraction of sp³-hybridized carbons (Fsp3) is 0.400. The molecule has 4 rings (SSSR count). The van der Waals surface area contributed by atoms with Crippen LogP contribution in [0.15, 0.2) is 42.6 Å². The lowest BCUT2D eigenvalue weighted by molar-refractivity contribution is 0.437. The van der Waals surface area contributed by atoms with E-state index in [4.69, 9.17) is 0 Å². The standard InChI is InChI=1S/C20H25N5S/c1-15-9-12-24(13-10-15)19-22-23-20(26-19)25-11-5-7-17(25)14-21-18-8-4-3-6-16(18)2/h3-8,11,15,21H,9-10,12-14H2,1-2H3. The Balaban J connectivity index is 1.48. The van der Waals surface area contributed by atoms with E-state index in [-0.39, 0.29) is 0 Å². The third kappa shape index (κ3) is 3.60. The summed E-state index contributed by atoms with van der Waals surface area (Å²) in [6, 6.07) is 12.6. The maximum atomic E-state index is 4.45. The molecule has 1 fully saturated rings. The average Bonchev–Trinajstić information content (AvgIpc) is 3.31. The van der Waals surface area contributed by atoms with Gasteiger partial charge in [0, 0.05) is 30.7 Å². The minimum Gasteiger partial charge on any atom is -0.379 e. The average molecular weight is 368 g/mol. The van der Waals surface area contributed by atoms with Gasteiger partial charge >= 0.3 is 0 Å². The van der Waals surface area contributed by atoms with Crippen LogP contribution >= 0.6 is 11.3 Å². The second kappa shape index (κ2) is 7.50. The van der Waals surface area contributed by atoms with Crippen LogP contribution in [0.1, 0.15) is 31.0 Å². The molecule has 3 heterocycles. The first-order chi connectivity index (χ1) is 12.7. The molecule has 6 heteroatoms. The van der Waals surface area contributed by atoms with Crippen LogP contribution in [0, 0.1) is 12.8 Å². The minimum atomic E-state index is 0.758. The highest BCUT2D eigenvalue weighted by atomic mass is 32.1. The molecule has 1 N–H and O–H groups in total. The van der Waals surface area contributed by atoms with Gasteiger partial charge in [-0.15, -0.1) is 10.2 Å². The second-order valence-electron chi connectivity index (χ2n) is 7.07. The minimum absolute atomic E-state index is 0.758. The zero-order chi connectivity index (χ0) is 17.9. The van der Waals surface area contributed by atoms with Gasteiger partial charge < -0.3 is 10.2 Å². The van der Waals surface area contributed by atoms with Gasteiger partial charge in [-0.1, -0.05) is 36.5 Å². The molecule has 5 nitrogen and oxygen atoms in total. The molecule has 1 saturated heterocycles. The van der Waals surface area contributed by atoms with Crippen molar-refractivity contribution in [3.8, 4) is 5.13 Å². The normalized spacial score (nSPS) is 15.4. The number of piperidine rings is 1. The van der Waals surface area contributed by atoms with Crippen molar-refractivity contribution in [3.63, 3.8) is 0 Å². The Kier molecular flexibility index (Phi) is 4.93. The number of nitrogens with zero attached hydrogens (tertiary/aromatic N) is 4. The van der Waals surface area contributed by atoms with E-state index in [1.54, 1.807) is 11.3 Å². The van der Waals surface area contributed by atoms with Crippen LogP contribution in [0.2, 0.25) is 0 Å². The predicted octanol–water partition coefficient (Wildman–Crippen LogP) is 4.49. The van der Waals surface area contributed by atoms with Gasteiger partial charge in [-0.2, -0.15) is 0 Å². The van der Waals surface area contributed by atoms with Crippen molar-refractivity contribution in [1.29, 1.82) is 0 Å². The first-order valence-corrected chi connectivity index (χ1v) is 10.1. The molecule has 0 unspecified atom stereocenters. The number of nitrogens with one attached hydrogen (secondary N) is 1. The third-order valence-corrected chi connectivity index (χ3v) is 6.09. The Morgan fingerprint density at radius 1 is 1.08 bits per heavy atom. The Labute approximate surface area is 158 Å². The number of hydrogen-bond donors (Lipinski definition) is 1. The van der Waals surface area contributed by atoms with Gasteiger partial charge in [0.15, 0.2) is 0 Å². The molecule has 1 aliphatic heterocycles. The van der Waals surface area contributed by atoms with Gasteiger partial charge in [-0.25, -0.2) is 0 Å². The Bertz CT molecular complexity index is 860. The number of para-hydroxylation sites is 1. The molecule has 0 amide bonds. The van der Waals surface area contributed by atoms with Crippen LogP contribution in [0.25, 0.3) is 5.13 Å². The van der Waals surface area contributed by atoms with Crippen molar-refractivity contribution in [2.75, 3.05) is 23.3 Å². The molecular formula is C20H25N5S. The highest BCUT2D eigenvalue weighted by Crippen LogP contribution is 2.28. The summed E-state index contributed by atoms with van der Waals surface area (Å²) in [4.78, 5) is 2.37. The molecule has 0 aliphatic carbocycles. The Morgan fingerprint density at radius 3 is 2.65 bits per heavy atom. The van der Waals surface area contributed by atoms with Crippen LogP contribution in [-0.2, 0) is 6.54 Å². The van der Waals surface area contributed by atoms with Gasteiger partial charge in [0.2, 0.25) is 10.3 Å². The summed E-state index contributed by atoms with van der Waals surface area (Å²) in [5.41, 5.74) is 3.60. The van der Waals surface area contributed by atoms with Crippen molar-refractivity contribution in [2.45, 2.75) is 33.2 Å². The van der Waals surface area contributed by atoms with E-state index in [0.29, 0.717) is 0 Å². The highest BCUT2D eigenvalue weighted by molar-refractivity contribution is 7.17. The fourth-order valence-electron chi connectivity index (χ4n) is 3.34. The Morgan fingerprint density at radius 2 is 1.85 bits per heavy atom. The van der Waals surface area contributed by atoms with Crippen molar-refractivity contribution in [2.24, 2.45) is 5.92 Å². The predicted molar refractivity (Wildman–Crippen MR) is 108 cm³/mol. The molecular weight excluding hydrogens is 342 g/mol. The zero-order valence-corrected chi connectivity index (χ0v) is 16.2. The third-order valence-electron chi connectivity index (χ3n) is 5.10. The summed E-state index contributed by atoms with van der Waals surface area (Å²) in [5, 5.41) is 14.4. The van der Waals surface area contributed by atoms with Crippen molar-refractivity contribution < 1.29 is 0 Å². The summed E-state index contributed by atoms with van der Waals surface area (Å²) < 4.78 is 2.14. The van der Waals surface area contributed by atoms with E-state index in [0.717, 1.165) is 35.8 Å². The molecule has 0 bridgehead atoms. The van der Waals surface area contributed by atoms with Gasteiger partial charge in [0.1, 0.15) is 0 Å². The number of anilines is 2. The molecule has 0 saturated carbocycles. The first-order valence-electron chi connectivity index (χ1n) is 9.25. The zero-order valence-electron chi connectivity index (χ0n) is 15.4. The van der Waals surface area contributed by atoms with E-state index in [1.807, 2.05) is 0 Å². The summed E-state index contributed by atoms with van der Waals surface area (Å²) in [6.07, 6.45) is 4.55. The van der Waals surface area contributed by atoms with Gasteiger partial charge in [0.05, 0.1) is 6.54 Å². The van der Waals surface area contributed by atoms with E-state index in [2.05, 4.69) is 81.4 Å².